The molecule has 2 rings (SSSR count). The zero-order valence-electron chi connectivity index (χ0n) is 4.83. The van der Waals surface area contributed by atoms with Crippen LogP contribution in [0.1, 0.15) is 0 Å². The minimum absolute atomic E-state index is 0. The SMILES string of the molecule is [LiH].c1ccc2[nH]cnc2c1. The van der Waals surface area contributed by atoms with E-state index in [-0.39, 0.29) is 18.9 Å². The van der Waals surface area contributed by atoms with E-state index in [0.717, 1.165) is 11.0 Å². The van der Waals surface area contributed by atoms with Gasteiger partial charge >= 0.3 is 18.9 Å². The van der Waals surface area contributed by atoms with E-state index in [1.807, 2.05) is 24.3 Å². The van der Waals surface area contributed by atoms with E-state index in [9.17, 15) is 0 Å². The Labute approximate surface area is 70.8 Å². The molecule has 1 heterocycles. The van der Waals surface area contributed by atoms with Gasteiger partial charge in [-0.1, -0.05) is 12.1 Å². The number of nitrogens with zero attached hydrogens (tertiary/aromatic N) is 1. The number of imidazole rings is 1. The molecule has 0 bridgehead atoms. The van der Waals surface area contributed by atoms with E-state index in [1.54, 1.807) is 6.33 Å². The van der Waals surface area contributed by atoms with Crippen molar-refractivity contribution in [1.29, 1.82) is 0 Å². The van der Waals surface area contributed by atoms with Gasteiger partial charge in [0.15, 0.2) is 0 Å². The molecule has 0 aliphatic heterocycles. The molecule has 0 unspecified atom stereocenters. The first-order chi connectivity index (χ1) is 4.47. The molecule has 3 heteroatoms. The maximum absolute atomic E-state index is 4.06. The van der Waals surface area contributed by atoms with E-state index >= 15 is 0 Å². The van der Waals surface area contributed by atoms with Crippen LogP contribution < -0.4 is 0 Å². The van der Waals surface area contributed by atoms with Gasteiger partial charge in [-0.3, -0.25) is 0 Å². The monoisotopic (exact) mass is 126 g/mol. The third-order valence-corrected chi connectivity index (χ3v) is 1.33. The van der Waals surface area contributed by atoms with Crippen molar-refractivity contribution in [3.8, 4) is 0 Å². The van der Waals surface area contributed by atoms with Crippen molar-refractivity contribution >= 4 is 29.9 Å². The number of aromatic amines is 1. The summed E-state index contributed by atoms with van der Waals surface area (Å²) in [6.45, 7) is 0. The van der Waals surface area contributed by atoms with Crippen LogP contribution in [0.5, 0.6) is 0 Å². The number of aromatic nitrogens is 2. The molecule has 10 heavy (non-hydrogen) atoms. The van der Waals surface area contributed by atoms with Gasteiger partial charge in [0.25, 0.3) is 0 Å². The molecule has 1 aromatic heterocycles. The minimum Gasteiger partial charge on any atom is -0.345 e. The summed E-state index contributed by atoms with van der Waals surface area (Å²) < 4.78 is 0. The van der Waals surface area contributed by atoms with Gasteiger partial charge in [0, 0.05) is 0 Å². The van der Waals surface area contributed by atoms with Gasteiger partial charge < -0.3 is 4.98 Å². The Bertz CT molecular complexity index is 286. The summed E-state index contributed by atoms with van der Waals surface area (Å²) in [7, 11) is 0. The Morgan fingerprint density at radius 2 is 2.00 bits per heavy atom. The van der Waals surface area contributed by atoms with Crippen LogP contribution in [0.3, 0.4) is 0 Å². The van der Waals surface area contributed by atoms with Gasteiger partial charge in [-0.05, 0) is 12.1 Å². The summed E-state index contributed by atoms with van der Waals surface area (Å²) in [4.78, 5) is 7.07. The summed E-state index contributed by atoms with van der Waals surface area (Å²) in [5.41, 5.74) is 2.12. The number of hydrogen-bond donors (Lipinski definition) is 1. The normalized spacial score (nSPS) is 9.20. The minimum atomic E-state index is 0. The van der Waals surface area contributed by atoms with Gasteiger partial charge in [-0.25, -0.2) is 4.98 Å². The van der Waals surface area contributed by atoms with Gasteiger partial charge in [-0.15, -0.1) is 0 Å². The molecule has 0 spiro atoms. The molecule has 1 aromatic carbocycles. The number of rotatable bonds is 0. The summed E-state index contributed by atoms with van der Waals surface area (Å²) in [6, 6.07) is 7.94. The predicted octanol–water partition coefficient (Wildman–Crippen LogP) is 0.914. The maximum atomic E-state index is 4.06. The molecular formula is C7H7LiN2. The van der Waals surface area contributed by atoms with E-state index in [4.69, 9.17) is 0 Å². The second-order valence-electron chi connectivity index (χ2n) is 1.92. The Hall–Kier alpha value is -0.713. The first kappa shape index (κ1) is 7.40. The number of nitrogens with one attached hydrogen (secondary N) is 1. The predicted molar refractivity (Wildman–Crippen MR) is 43.2 cm³/mol. The zero-order chi connectivity index (χ0) is 6.10. The number of hydrogen-bond acceptors (Lipinski definition) is 1. The topological polar surface area (TPSA) is 28.7 Å². The fourth-order valence-corrected chi connectivity index (χ4v) is 0.880. The zero-order valence-corrected chi connectivity index (χ0v) is 4.83. The van der Waals surface area contributed by atoms with Gasteiger partial charge in [-0.2, -0.15) is 0 Å². The number of para-hydroxylation sites is 2. The molecular weight excluding hydrogens is 119 g/mol. The van der Waals surface area contributed by atoms with Crippen LogP contribution in [-0.4, -0.2) is 28.8 Å². The van der Waals surface area contributed by atoms with E-state index < -0.39 is 0 Å². The van der Waals surface area contributed by atoms with Gasteiger partial charge in [0.2, 0.25) is 0 Å². The van der Waals surface area contributed by atoms with Gasteiger partial charge in [0.05, 0.1) is 17.4 Å². The quantitative estimate of drug-likeness (QED) is 0.522. The smallest absolute Gasteiger partial charge is 0.0931 e. The standard InChI is InChI=1S/C7H6N2.Li.H/c1-2-4-7-6(3-1)8-5-9-7;;/h1-5H,(H,8,9);;. The van der Waals surface area contributed by atoms with E-state index in [0.29, 0.717) is 0 Å². The maximum Gasteiger partial charge on any atom is 0.0931 e. The van der Waals surface area contributed by atoms with Crippen molar-refractivity contribution in [1.82, 2.24) is 9.97 Å². The fourth-order valence-electron chi connectivity index (χ4n) is 0.880. The summed E-state index contributed by atoms with van der Waals surface area (Å²) in [6.07, 6.45) is 1.70. The second kappa shape index (κ2) is 2.92. The van der Waals surface area contributed by atoms with Crippen molar-refractivity contribution in [3.05, 3.63) is 30.6 Å². The van der Waals surface area contributed by atoms with Crippen LogP contribution in [-0.2, 0) is 0 Å². The van der Waals surface area contributed by atoms with E-state index in [2.05, 4.69) is 9.97 Å². The van der Waals surface area contributed by atoms with Crippen LogP contribution in [0.2, 0.25) is 0 Å². The molecule has 0 aliphatic carbocycles. The summed E-state index contributed by atoms with van der Waals surface area (Å²) in [5, 5.41) is 0. The third-order valence-electron chi connectivity index (χ3n) is 1.33. The third kappa shape index (κ3) is 1.09. The first-order valence-corrected chi connectivity index (χ1v) is 2.85. The number of fused-ring (bicyclic) bond motifs is 1. The van der Waals surface area contributed by atoms with Crippen LogP contribution in [0.15, 0.2) is 30.6 Å². The first-order valence-electron chi connectivity index (χ1n) is 2.85. The van der Waals surface area contributed by atoms with Crippen molar-refractivity contribution < 1.29 is 0 Å². The van der Waals surface area contributed by atoms with Crippen LogP contribution in [0, 0.1) is 0 Å². The van der Waals surface area contributed by atoms with Crippen LogP contribution in [0.25, 0.3) is 11.0 Å². The molecule has 0 radical (unpaired) electrons. The molecule has 2 nitrogen and oxygen atoms in total. The molecule has 0 atom stereocenters. The molecule has 2 aromatic rings. The molecule has 0 saturated carbocycles. The van der Waals surface area contributed by atoms with Crippen molar-refractivity contribution in [2.45, 2.75) is 0 Å². The molecule has 0 fully saturated rings. The largest absolute Gasteiger partial charge is 0.345 e. The van der Waals surface area contributed by atoms with Crippen LogP contribution in [0.4, 0.5) is 0 Å². The Morgan fingerprint density at radius 1 is 1.20 bits per heavy atom. The number of H-pyrrole nitrogens is 1. The van der Waals surface area contributed by atoms with E-state index in [1.165, 1.54) is 0 Å². The van der Waals surface area contributed by atoms with Crippen molar-refractivity contribution in [3.63, 3.8) is 0 Å². The number of benzene rings is 1. The van der Waals surface area contributed by atoms with Gasteiger partial charge in [0.1, 0.15) is 0 Å². The van der Waals surface area contributed by atoms with Crippen LogP contribution >= 0.6 is 0 Å². The molecule has 1 N–H and O–H groups in total. The molecule has 0 saturated heterocycles. The average Bonchev–Trinajstić information content (AvgIpc) is 2.33. The molecule has 0 amide bonds. The Morgan fingerprint density at radius 3 is 2.80 bits per heavy atom. The Kier molecular flexibility index (Phi) is 2.16. The fraction of sp³-hybridized carbons (Fsp3) is 0. The molecule has 0 aliphatic rings. The summed E-state index contributed by atoms with van der Waals surface area (Å²) >= 11 is 0. The van der Waals surface area contributed by atoms with Crippen molar-refractivity contribution in [2.24, 2.45) is 0 Å². The average molecular weight is 126 g/mol. The summed E-state index contributed by atoms with van der Waals surface area (Å²) in [5.74, 6) is 0. The van der Waals surface area contributed by atoms with Crippen molar-refractivity contribution in [2.75, 3.05) is 0 Å². The second-order valence-corrected chi connectivity index (χ2v) is 1.92. The molecule has 46 valence electrons. The Balaban J connectivity index is 0.000000500.